The van der Waals surface area contributed by atoms with E-state index in [2.05, 4.69) is 0 Å². The summed E-state index contributed by atoms with van der Waals surface area (Å²) in [5, 5.41) is 19.9. The lowest BCUT2D eigenvalue weighted by Gasteiger charge is -2.42. The predicted octanol–water partition coefficient (Wildman–Crippen LogP) is 0.684. The number of likely N-dealkylation sites (tertiary alicyclic amines) is 2. The Balaban J connectivity index is 1.49. The predicted molar refractivity (Wildman–Crippen MR) is 106 cm³/mol. The average molecular weight is 403 g/mol. The molecular formula is C21H29N3O5. The van der Waals surface area contributed by atoms with Gasteiger partial charge >= 0.3 is 0 Å². The summed E-state index contributed by atoms with van der Waals surface area (Å²) < 4.78 is 5.31. The first-order chi connectivity index (χ1) is 13.8. The maximum Gasteiger partial charge on any atom is 0.256 e. The van der Waals surface area contributed by atoms with E-state index >= 15 is 0 Å². The van der Waals surface area contributed by atoms with Crippen LogP contribution in [0, 0.1) is 16.7 Å². The summed E-state index contributed by atoms with van der Waals surface area (Å²) in [7, 11) is 1.62. The molecule has 4 N–H and O–H groups in total. The number of nitrogens with zero attached hydrogens (tertiary/aromatic N) is 2. The average Bonchev–Trinajstić information content (AvgIpc) is 3.20. The molecule has 2 aliphatic heterocycles. The zero-order valence-corrected chi connectivity index (χ0v) is 16.8. The highest BCUT2D eigenvalue weighted by Crippen LogP contribution is 2.48. The van der Waals surface area contributed by atoms with Crippen molar-refractivity contribution in [3.63, 3.8) is 0 Å². The third-order valence-corrected chi connectivity index (χ3v) is 7.10. The first kappa shape index (κ1) is 20.0. The van der Waals surface area contributed by atoms with Gasteiger partial charge in [0.05, 0.1) is 24.2 Å². The highest BCUT2D eigenvalue weighted by Gasteiger charge is 2.57. The number of methoxy groups -OCH3 is 1. The maximum absolute atomic E-state index is 13.2. The fourth-order valence-corrected chi connectivity index (χ4v) is 5.25. The van der Waals surface area contributed by atoms with Gasteiger partial charge in [-0.25, -0.2) is 0 Å². The van der Waals surface area contributed by atoms with Crippen LogP contribution in [0.2, 0.25) is 0 Å². The SMILES string of the molecule is COCC1(C(=O)N2CC3CN(C(=O)c4cc(O)ccc4N)CC3(CO)C2)CCC1. The highest BCUT2D eigenvalue weighted by atomic mass is 16.5. The molecule has 3 aliphatic rings. The summed E-state index contributed by atoms with van der Waals surface area (Å²) in [6, 6.07) is 4.33. The molecule has 1 aliphatic carbocycles. The summed E-state index contributed by atoms with van der Waals surface area (Å²) in [6.07, 6.45) is 2.72. The van der Waals surface area contributed by atoms with Crippen LogP contribution in [0.25, 0.3) is 0 Å². The molecule has 2 unspecified atom stereocenters. The van der Waals surface area contributed by atoms with Crippen molar-refractivity contribution >= 4 is 17.5 Å². The fourth-order valence-electron chi connectivity index (χ4n) is 5.25. The van der Waals surface area contributed by atoms with E-state index in [1.807, 2.05) is 4.90 Å². The minimum atomic E-state index is -0.519. The largest absolute Gasteiger partial charge is 0.508 e. The number of phenolic OH excluding ortho intramolecular Hbond substituents is 1. The number of carbonyl (C=O) groups excluding carboxylic acids is 2. The number of fused-ring (bicyclic) bond motifs is 1. The molecule has 1 aromatic carbocycles. The van der Waals surface area contributed by atoms with E-state index in [1.54, 1.807) is 12.0 Å². The molecule has 158 valence electrons. The van der Waals surface area contributed by atoms with Crippen LogP contribution in [-0.4, -0.2) is 78.3 Å². The normalized spacial score (nSPS) is 27.6. The number of hydrogen-bond donors (Lipinski definition) is 3. The van der Waals surface area contributed by atoms with E-state index in [-0.39, 0.29) is 35.7 Å². The molecule has 0 aromatic heterocycles. The topological polar surface area (TPSA) is 116 Å². The van der Waals surface area contributed by atoms with Crippen LogP contribution in [-0.2, 0) is 9.53 Å². The van der Waals surface area contributed by atoms with Gasteiger partial charge in [-0.1, -0.05) is 6.42 Å². The van der Waals surface area contributed by atoms with Crippen molar-refractivity contribution in [3.8, 4) is 5.75 Å². The molecule has 29 heavy (non-hydrogen) atoms. The molecule has 1 saturated carbocycles. The monoisotopic (exact) mass is 403 g/mol. The number of rotatable bonds is 5. The molecule has 2 amide bonds. The lowest BCUT2D eigenvalue weighted by molar-refractivity contribution is -0.151. The minimum absolute atomic E-state index is 0.0126. The van der Waals surface area contributed by atoms with Crippen LogP contribution in [0.1, 0.15) is 29.6 Å². The quantitative estimate of drug-likeness (QED) is 0.492. The van der Waals surface area contributed by atoms with Crippen molar-refractivity contribution in [1.29, 1.82) is 0 Å². The molecule has 0 bridgehead atoms. The molecule has 4 rings (SSSR count). The Morgan fingerprint density at radius 2 is 1.93 bits per heavy atom. The molecule has 8 nitrogen and oxygen atoms in total. The Kier molecular flexibility index (Phi) is 4.94. The van der Waals surface area contributed by atoms with Crippen LogP contribution >= 0.6 is 0 Å². The van der Waals surface area contributed by atoms with Crippen molar-refractivity contribution in [1.82, 2.24) is 9.80 Å². The summed E-state index contributed by atoms with van der Waals surface area (Å²) in [5.74, 6) is -0.144. The molecule has 0 radical (unpaired) electrons. The molecule has 0 spiro atoms. The van der Waals surface area contributed by atoms with Crippen LogP contribution in [0.15, 0.2) is 18.2 Å². The molecular weight excluding hydrogens is 374 g/mol. The van der Waals surface area contributed by atoms with Gasteiger partial charge in [0.25, 0.3) is 5.91 Å². The second-order valence-corrected chi connectivity index (χ2v) is 8.93. The first-order valence-corrected chi connectivity index (χ1v) is 10.1. The summed E-state index contributed by atoms with van der Waals surface area (Å²) in [4.78, 5) is 29.7. The number of nitrogen functional groups attached to an aromatic ring is 1. The van der Waals surface area contributed by atoms with Crippen molar-refractivity contribution in [2.75, 3.05) is 52.2 Å². The Bertz CT molecular complexity index is 825. The van der Waals surface area contributed by atoms with Crippen molar-refractivity contribution < 1.29 is 24.5 Å². The standard InChI is InChI=1S/C21H29N3O5/c1-29-13-20(5-2-6-20)19(28)24-9-14-8-23(10-21(14,11-24)12-25)18(27)16-7-15(26)3-4-17(16)22/h3-4,7,14,25-26H,2,5-6,8-13,22H2,1H3. The number of carbonyl (C=O) groups is 2. The Morgan fingerprint density at radius 3 is 2.52 bits per heavy atom. The van der Waals surface area contributed by atoms with Crippen LogP contribution in [0.4, 0.5) is 5.69 Å². The Labute approximate surface area is 170 Å². The smallest absolute Gasteiger partial charge is 0.256 e. The fraction of sp³-hybridized carbons (Fsp3) is 0.619. The van der Waals surface area contributed by atoms with E-state index in [0.29, 0.717) is 38.5 Å². The number of ether oxygens (including phenoxy) is 1. The lowest BCUT2D eigenvalue weighted by atomic mass is 9.68. The van der Waals surface area contributed by atoms with Gasteiger partial charge in [-0.2, -0.15) is 0 Å². The number of aliphatic hydroxyl groups excluding tert-OH is 1. The van der Waals surface area contributed by atoms with E-state index < -0.39 is 10.8 Å². The molecule has 2 saturated heterocycles. The van der Waals surface area contributed by atoms with E-state index in [9.17, 15) is 19.8 Å². The summed E-state index contributed by atoms with van der Waals surface area (Å²) in [6.45, 7) is 2.14. The van der Waals surface area contributed by atoms with Crippen LogP contribution < -0.4 is 5.73 Å². The van der Waals surface area contributed by atoms with Gasteiger partial charge in [-0.3, -0.25) is 9.59 Å². The van der Waals surface area contributed by atoms with Crippen LogP contribution in [0.3, 0.4) is 0 Å². The molecule has 2 heterocycles. The van der Waals surface area contributed by atoms with Gasteiger partial charge in [0.2, 0.25) is 5.91 Å². The van der Waals surface area contributed by atoms with Crippen molar-refractivity contribution in [2.45, 2.75) is 19.3 Å². The number of amides is 2. The minimum Gasteiger partial charge on any atom is -0.508 e. The Hall–Kier alpha value is -2.32. The number of anilines is 1. The van der Waals surface area contributed by atoms with Gasteiger partial charge in [0, 0.05) is 50.3 Å². The molecule has 2 atom stereocenters. The summed E-state index contributed by atoms with van der Waals surface area (Å²) in [5.41, 5.74) is 5.56. The van der Waals surface area contributed by atoms with Crippen molar-refractivity contribution in [3.05, 3.63) is 23.8 Å². The lowest BCUT2D eigenvalue weighted by Crippen LogP contribution is -2.51. The number of benzene rings is 1. The number of phenols is 1. The second-order valence-electron chi connectivity index (χ2n) is 8.93. The van der Waals surface area contributed by atoms with Crippen molar-refractivity contribution in [2.24, 2.45) is 16.7 Å². The van der Waals surface area contributed by atoms with Crippen LogP contribution in [0.5, 0.6) is 5.75 Å². The van der Waals surface area contributed by atoms with E-state index in [0.717, 1.165) is 19.3 Å². The molecule has 1 aromatic rings. The molecule has 8 heteroatoms. The zero-order valence-electron chi connectivity index (χ0n) is 16.8. The van der Waals surface area contributed by atoms with Gasteiger partial charge in [-0.15, -0.1) is 0 Å². The number of aliphatic hydroxyl groups is 1. The van der Waals surface area contributed by atoms with E-state index in [4.69, 9.17) is 10.5 Å². The van der Waals surface area contributed by atoms with Gasteiger partial charge in [0.15, 0.2) is 0 Å². The van der Waals surface area contributed by atoms with Gasteiger partial charge < -0.3 is 30.5 Å². The first-order valence-electron chi connectivity index (χ1n) is 10.1. The molecule has 3 fully saturated rings. The van der Waals surface area contributed by atoms with E-state index in [1.165, 1.54) is 18.2 Å². The third kappa shape index (κ3) is 3.14. The summed E-state index contributed by atoms with van der Waals surface area (Å²) >= 11 is 0. The number of aromatic hydroxyl groups is 1. The van der Waals surface area contributed by atoms with Gasteiger partial charge in [0.1, 0.15) is 5.75 Å². The zero-order chi connectivity index (χ0) is 20.8. The van der Waals surface area contributed by atoms with Gasteiger partial charge in [-0.05, 0) is 31.0 Å². The maximum atomic E-state index is 13.2. The number of nitrogens with two attached hydrogens (primary N) is 1. The second kappa shape index (κ2) is 7.18. The highest BCUT2D eigenvalue weighted by molar-refractivity contribution is 5.99. The number of hydrogen-bond acceptors (Lipinski definition) is 6. The Morgan fingerprint density at radius 1 is 1.24 bits per heavy atom. The third-order valence-electron chi connectivity index (χ3n) is 7.10.